The lowest BCUT2D eigenvalue weighted by Crippen LogP contribution is -1.91. The molecular weight excluding hydrogens is 324 g/mol. The van der Waals surface area contributed by atoms with Crippen molar-refractivity contribution in [2.45, 2.75) is 26.7 Å². The maximum absolute atomic E-state index is 2.45. The summed E-state index contributed by atoms with van der Waals surface area (Å²) in [6.45, 7) is 4.61. The van der Waals surface area contributed by atoms with Gasteiger partial charge in [-0.1, -0.05) is 86.2 Å². The van der Waals surface area contributed by atoms with Crippen LogP contribution in [0.5, 0.6) is 0 Å². The molecule has 132 valence electrons. The lowest BCUT2D eigenvalue weighted by atomic mass is 9.92. The highest BCUT2D eigenvalue weighted by molar-refractivity contribution is 6.06. The topological polar surface area (TPSA) is 0 Å². The quantitative estimate of drug-likeness (QED) is 0.334. The van der Waals surface area contributed by atoms with E-state index in [1.54, 1.807) is 5.57 Å². The van der Waals surface area contributed by atoms with Crippen LogP contribution in [0, 0.1) is 5.92 Å². The largest absolute Gasteiger partial charge is 0.0649 e. The van der Waals surface area contributed by atoms with E-state index in [-0.39, 0.29) is 0 Å². The van der Waals surface area contributed by atoms with E-state index in [9.17, 15) is 0 Å². The van der Waals surface area contributed by atoms with Crippen LogP contribution in [0.1, 0.15) is 31.4 Å². The molecule has 0 saturated heterocycles. The number of fused-ring (bicyclic) bond motifs is 3. The SMILES string of the molecule is CC(C)CC1=Cc2c(cccc2-c2cccc3cc4ccccc4cc23)C1. The second-order valence-corrected chi connectivity index (χ2v) is 8.18. The number of hydrogen-bond acceptors (Lipinski definition) is 0. The Morgan fingerprint density at radius 2 is 1.44 bits per heavy atom. The van der Waals surface area contributed by atoms with Gasteiger partial charge >= 0.3 is 0 Å². The third kappa shape index (κ3) is 2.86. The molecule has 27 heavy (non-hydrogen) atoms. The van der Waals surface area contributed by atoms with Crippen LogP contribution in [-0.4, -0.2) is 0 Å². The molecule has 0 atom stereocenters. The van der Waals surface area contributed by atoms with Crippen LogP contribution in [0.4, 0.5) is 0 Å². The highest BCUT2D eigenvalue weighted by Crippen LogP contribution is 2.39. The Morgan fingerprint density at radius 1 is 0.741 bits per heavy atom. The van der Waals surface area contributed by atoms with Crippen molar-refractivity contribution in [1.29, 1.82) is 0 Å². The van der Waals surface area contributed by atoms with Crippen molar-refractivity contribution in [2.75, 3.05) is 0 Å². The first-order chi connectivity index (χ1) is 13.2. The fraction of sp³-hybridized carbons (Fsp3) is 0.185. The molecular formula is C27H24. The van der Waals surface area contributed by atoms with Crippen LogP contribution in [0.3, 0.4) is 0 Å². The summed E-state index contributed by atoms with van der Waals surface area (Å²) >= 11 is 0. The predicted octanol–water partition coefficient (Wildman–Crippen LogP) is 7.65. The van der Waals surface area contributed by atoms with Crippen molar-refractivity contribution in [2.24, 2.45) is 5.92 Å². The predicted molar refractivity (Wildman–Crippen MR) is 118 cm³/mol. The summed E-state index contributed by atoms with van der Waals surface area (Å²) in [6, 6.07) is 26.8. The van der Waals surface area contributed by atoms with Gasteiger partial charge in [0.1, 0.15) is 0 Å². The first kappa shape index (κ1) is 16.3. The number of allylic oxidation sites excluding steroid dienone is 1. The van der Waals surface area contributed by atoms with Crippen molar-refractivity contribution in [3.63, 3.8) is 0 Å². The summed E-state index contributed by atoms with van der Waals surface area (Å²) < 4.78 is 0. The number of benzene rings is 4. The summed E-state index contributed by atoms with van der Waals surface area (Å²) in [5, 5.41) is 5.27. The fourth-order valence-electron chi connectivity index (χ4n) is 4.53. The number of hydrogen-bond donors (Lipinski definition) is 0. The van der Waals surface area contributed by atoms with Crippen molar-refractivity contribution >= 4 is 27.6 Å². The first-order valence-electron chi connectivity index (χ1n) is 9.92. The molecule has 0 aliphatic heterocycles. The Bertz CT molecular complexity index is 1190. The van der Waals surface area contributed by atoms with Crippen molar-refractivity contribution in [1.82, 2.24) is 0 Å². The Labute approximate surface area is 161 Å². The molecule has 0 aromatic heterocycles. The van der Waals surface area contributed by atoms with E-state index in [2.05, 4.69) is 92.7 Å². The van der Waals surface area contributed by atoms with E-state index < -0.39 is 0 Å². The van der Waals surface area contributed by atoms with Crippen molar-refractivity contribution < 1.29 is 0 Å². The van der Waals surface area contributed by atoms with Crippen LogP contribution in [0.15, 0.2) is 78.4 Å². The molecule has 1 aliphatic rings. The lowest BCUT2D eigenvalue weighted by molar-refractivity contribution is 0.638. The molecule has 0 bridgehead atoms. The molecule has 5 rings (SSSR count). The van der Waals surface area contributed by atoms with Crippen molar-refractivity contribution in [3.05, 3.63) is 89.5 Å². The van der Waals surface area contributed by atoms with Gasteiger partial charge in [0.2, 0.25) is 0 Å². The molecule has 0 nitrogen and oxygen atoms in total. The maximum atomic E-state index is 2.45. The molecule has 0 spiro atoms. The van der Waals surface area contributed by atoms with Gasteiger partial charge in [-0.05, 0) is 74.7 Å². The minimum atomic E-state index is 0.706. The molecule has 4 aromatic carbocycles. The third-order valence-electron chi connectivity index (χ3n) is 5.67. The fourth-order valence-corrected chi connectivity index (χ4v) is 4.53. The minimum absolute atomic E-state index is 0.706. The van der Waals surface area contributed by atoms with Crippen LogP contribution < -0.4 is 0 Å². The Balaban J connectivity index is 1.73. The van der Waals surface area contributed by atoms with Crippen molar-refractivity contribution in [3.8, 4) is 11.1 Å². The van der Waals surface area contributed by atoms with E-state index in [0.717, 1.165) is 6.42 Å². The molecule has 0 unspecified atom stereocenters. The van der Waals surface area contributed by atoms with E-state index in [1.807, 2.05) is 0 Å². The summed E-state index contributed by atoms with van der Waals surface area (Å²) in [7, 11) is 0. The molecule has 0 amide bonds. The van der Waals surface area contributed by atoms with Crippen LogP contribution in [0.2, 0.25) is 0 Å². The molecule has 1 aliphatic carbocycles. The highest BCUT2D eigenvalue weighted by Gasteiger charge is 2.18. The lowest BCUT2D eigenvalue weighted by Gasteiger charge is -2.12. The molecule has 0 heterocycles. The summed E-state index contributed by atoms with van der Waals surface area (Å²) in [4.78, 5) is 0. The van der Waals surface area contributed by atoms with E-state index in [0.29, 0.717) is 5.92 Å². The second-order valence-electron chi connectivity index (χ2n) is 8.18. The van der Waals surface area contributed by atoms with E-state index >= 15 is 0 Å². The van der Waals surface area contributed by atoms with Gasteiger partial charge in [0.25, 0.3) is 0 Å². The standard InChI is InChI=1S/C27H24/c1-18(2)13-19-14-22-9-5-11-24(26(22)15-19)25-12-6-10-23-16-20-7-3-4-8-21(20)17-27(23)25/h3-12,15-18H,13-14H2,1-2H3. The highest BCUT2D eigenvalue weighted by atomic mass is 14.2. The van der Waals surface area contributed by atoms with Gasteiger partial charge in [-0.15, -0.1) is 0 Å². The van der Waals surface area contributed by atoms with Gasteiger partial charge < -0.3 is 0 Å². The molecule has 0 heteroatoms. The zero-order valence-electron chi connectivity index (χ0n) is 16.0. The van der Waals surface area contributed by atoms with Gasteiger partial charge in [0.15, 0.2) is 0 Å². The normalized spacial score (nSPS) is 13.4. The monoisotopic (exact) mass is 348 g/mol. The van der Waals surface area contributed by atoms with Crippen LogP contribution >= 0.6 is 0 Å². The average molecular weight is 348 g/mol. The molecule has 0 saturated carbocycles. The molecule has 0 fully saturated rings. The van der Waals surface area contributed by atoms with Crippen LogP contribution in [-0.2, 0) is 6.42 Å². The zero-order chi connectivity index (χ0) is 18.4. The van der Waals surface area contributed by atoms with Crippen LogP contribution in [0.25, 0.3) is 38.7 Å². The summed E-state index contributed by atoms with van der Waals surface area (Å²) in [5.74, 6) is 0.706. The van der Waals surface area contributed by atoms with Gasteiger partial charge in [-0.3, -0.25) is 0 Å². The second kappa shape index (κ2) is 6.39. The summed E-state index contributed by atoms with van der Waals surface area (Å²) in [5.41, 5.74) is 7.18. The van der Waals surface area contributed by atoms with Gasteiger partial charge in [0.05, 0.1) is 0 Å². The smallest absolute Gasteiger partial charge is 0.00575 e. The molecule has 4 aromatic rings. The summed E-state index contributed by atoms with van der Waals surface area (Å²) in [6.07, 6.45) is 4.74. The van der Waals surface area contributed by atoms with Gasteiger partial charge in [-0.2, -0.15) is 0 Å². The Hall–Kier alpha value is -2.86. The third-order valence-corrected chi connectivity index (χ3v) is 5.67. The molecule has 0 N–H and O–H groups in total. The Morgan fingerprint density at radius 3 is 2.26 bits per heavy atom. The Kier molecular flexibility index (Phi) is 3.86. The van der Waals surface area contributed by atoms with E-state index in [1.165, 1.54) is 50.2 Å². The maximum Gasteiger partial charge on any atom is -0.00575 e. The van der Waals surface area contributed by atoms with Gasteiger partial charge in [0, 0.05) is 0 Å². The minimum Gasteiger partial charge on any atom is -0.0649 e. The average Bonchev–Trinajstić information content (AvgIpc) is 3.07. The first-order valence-corrected chi connectivity index (χ1v) is 9.92. The van der Waals surface area contributed by atoms with Gasteiger partial charge in [-0.25, -0.2) is 0 Å². The molecule has 0 radical (unpaired) electrons. The zero-order valence-corrected chi connectivity index (χ0v) is 16.0. The number of rotatable bonds is 3. The van der Waals surface area contributed by atoms with E-state index in [4.69, 9.17) is 0 Å².